The van der Waals surface area contributed by atoms with Crippen molar-refractivity contribution in [1.29, 1.82) is 0 Å². The van der Waals surface area contributed by atoms with Crippen molar-refractivity contribution < 1.29 is 4.42 Å². The summed E-state index contributed by atoms with van der Waals surface area (Å²) in [6.45, 7) is 4.69. The van der Waals surface area contributed by atoms with Crippen LogP contribution in [0.2, 0.25) is 0 Å². The van der Waals surface area contributed by atoms with E-state index >= 15 is 0 Å². The van der Waals surface area contributed by atoms with Gasteiger partial charge in [-0.2, -0.15) is 0 Å². The molecule has 5 nitrogen and oxygen atoms in total. The Morgan fingerprint density at radius 1 is 0.453 bits per heavy atom. The highest BCUT2D eigenvalue weighted by molar-refractivity contribution is 6.28. The molecule has 250 valence electrons. The van der Waals surface area contributed by atoms with Gasteiger partial charge < -0.3 is 8.98 Å². The van der Waals surface area contributed by atoms with Gasteiger partial charge in [0.1, 0.15) is 11.2 Å². The summed E-state index contributed by atoms with van der Waals surface area (Å²) in [4.78, 5) is 15.0. The van der Waals surface area contributed by atoms with E-state index in [-0.39, 0.29) is 5.41 Å². The Hall–Kier alpha value is -6.85. The van der Waals surface area contributed by atoms with Crippen molar-refractivity contribution in [2.75, 3.05) is 0 Å². The molecule has 11 rings (SSSR count). The van der Waals surface area contributed by atoms with Gasteiger partial charge in [0.15, 0.2) is 17.5 Å². The van der Waals surface area contributed by atoms with Crippen LogP contribution in [0.5, 0.6) is 0 Å². The average molecular weight is 681 g/mol. The maximum Gasteiger partial charge on any atom is 0.164 e. The van der Waals surface area contributed by atoms with Crippen LogP contribution in [0.25, 0.3) is 94.7 Å². The number of hydrogen-bond donors (Lipinski definition) is 0. The third kappa shape index (κ3) is 4.40. The lowest BCUT2D eigenvalue weighted by atomic mass is 9.82. The SMILES string of the molecule is CC1(C)c2ccccc2-c2cc3c4c5c(ccc4n(-c4ccccc4)c3cc21)oc1ccc(-c2nc(-c3ccccc3)nc(-c3ccccc3)n2)cc15. The molecule has 0 bridgehead atoms. The van der Waals surface area contributed by atoms with Gasteiger partial charge in [0.05, 0.1) is 11.0 Å². The van der Waals surface area contributed by atoms with Crippen LogP contribution in [0.3, 0.4) is 0 Å². The fourth-order valence-electron chi connectivity index (χ4n) is 8.50. The zero-order valence-corrected chi connectivity index (χ0v) is 29.2. The summed E-state index contributed by atoms with van der Waals surface area (Å²) in [5, 5.41) is 4.49. The molecule has 0 unspecified atom stereocenters. The van der Waals surface area contributed by atoms with Gasteiger partial charge in [-0.3, -0.25) is 0 Å². The van der Waals surface area contributed by atoms with E-state index in [0.717, 1.165) is 49.8 Å². The van der Waals surface area contributed by atoms with Gasteiger partial charge in [0.25, 0.3) is 0 Å². The fraction of sp³-hybridized carbons (Fsp3) is 0.0625. The first-order chi connectivity index (χ1) is 26.0. The predicted molar refractivity (Wildman–Crippen MR) is 215 cm³/mol. The molecule has 1 aliphatic carbocycles. The average Bonchev–Trinajstić information content (AvgIpc) is 3.82. The third-order valence-corrected chi connectivity index (χ3v) is 11.0. The molecule has 0 amide bonds. The highest BCUT2D eigenvalue weighted by Crippen LogP contribution is 2.52. The molecule has 0 saturated carbocycles. The largest absolute Gasteiger partial charge is 0.456 e. The lowest BCUT2D eigenvalue weighted by molar-refractivity contribution is 0.661. The quantitative estimate of drug-likeness (QED) is 0.186. The van der Waals surface area contributed by atoms with Gasteiger partial charge in [-0.05, 0) is 76.9 Å². The van der Waals surface area contributed by atoms with Crippen LogP contribution in [0.15, 0.2) is 162 Å². The molecule has 0 N–H and O–H groups in total. The predicted octanol–water partition coefficient (Wildman–Crippen LogP) is 12.2. The van der Waals surface area contributed by atoms with Crippen molar-refractivity contribution >= 4 is 43.7 Å². The van der Waals surface area contributed by atoms with E-state index in [1.54, 1.807) is 0 Å². The maximum absolute atomic E-state index is 6.62. The standard InChI is InChI=1S/C48H32N4O/c1-48(2)37-21-13-12-20-33(37)34-27-35-40(28-38(34)48)52(32-18-10-5-11-19-32)39-23-25-42-44(43(35)39)36-26-31(22-24-41(36)53-42)47-50-45(29-14-6-3-7-15-29)49-46(51-47)30-16-8-4-9-17-30/h3-28H,1-2H3. The normalized spacial score (nSPS) is 13.2. The van der Waals surface area contributed by atoms with E-state index in [1.807, 2.05) is 60.7 Å². The second kappa shape index (κ2) is 11.1. The number of hydrogen-bond acceptors (Lipinski definition) is 4. The lowest BCUT2D eigenvalue weighted by Gasteiger charge is -2.21. The molecule has 0 spiro atoms. The molecule has 3 aromatic heterocycles. The first-order valence-corrected chi connectivity index (χ1v) is 18.0. The number of nitrogens with zero attached hydrogens (tertiary/aromatic N) is 4. The topological polar surface area (TPSA) is 56.7 Å². The number of rotatable bonds is 4. The lowest BCUT2D eigenvalue weighted by Crippen LogP contribution is -2.14. The van der Waals surface area contributed by atoms with Crippen LogP contribution in [0.4, 0.5) is 0 Å². The third-order valence-electron chi connectivity index (χ3n) is 11.0. The van der Waals surface area contributed by atoms with Crippen molar-refractivity contribution in [3.05, 3.63) is 169 Å². The Morgan fingerprint density at radius 3 is 1.75 bits per heavy atom. The van der Waals surface area contributed by atoms with Gasteiger partial charge in [-0.25, -0.2) is 15.0 Å². The summed E-state index contributed by atoms with van der Waals surface area (Å²) in [6.07, 6.45) is 0. The van der Waals surface area contributed by atoms with Crippen LogP contribution in [-0.2, 0) is 5.41 Å². The highest BCUT2D eigenvalue weighted by Gasteiger charge is 2.36. The van der Waals surface area contributed by atoms with Gasteiger partial charge in [0, 0.05) is 49.3 Å². The van der Waals surface area contributed by atoms with Gasteiger partial charge in [-0.15, -0.1) is 0 Å². The second-order valence-electron chi connectivity index (χ2n) is 14.4. The van der Waals surface area contributed by atoms with Crippen molar-refractivity contribution in [1.82, 2.24) is 19.5 Å². The fourth-order valence-corrected chi connectivity index (χ4v) is 8.50. The summed E-state index contributed by atoms with van der Waals surface area (Å²) in [5.41, 5.74) is 13.1. The Labute approximate surface area is 305 Å². The zero-order valence-electron chi connectivity index (χ0n) is 29.2. The molecule has 3 heterocycles. The molecule has 5 heteroatoms. The van der Waals surface area contributed by atoms with Crippen molar-refractivity contribution in [3.63, 3.8) is 0 Å². The second-order valence-corrected chi connectivity index (χ2v) is 14.4. The molecule has 0 fully saturated rings. The number of fused-ring (bicyclic) bond motifs is 10. The summed E-state index contributed by atoms with van der Waals surface area (Å²) in [7, 11) is 0. The van der Waals surface area contributed by atoms with E-state index in [0.29, 0.717) is 17.5 Å². The maximum atomic E-state index is 6.62. The van der Waals surface area contributed by atoms with Crippen LogP contribution in [-0.4, -0.2) is 19.5 Å². The minimum atomic E-state index is -0.119. The van der Waals surface area contributed by atoms with Gasteiger partial charge >= 0.3 is 0 Å². The van der Waals surface area contributed by atoms with E-state index in [2.05, 4.69) is 115 Å². The molecule has 10 aromatic rings. The van der Waals surface area contributed by atoms with Crippen molar-refractivity contribution in [3.8, 4) is 51.0 Å². The van der Waals surface area contributed by atoms with E-state index < -0.39 is 0 Å². The smallest absolute Gasteiger partial charge is 0.164 e. The molecule has 53 heavy (non-hydrogen) atoms. The van der Waals surface area contributed by atoms with Crippen molar-refractivity contribution in [2.24, 2.45) is 0 Å². The first kappa shape index (κ1) is 29.8. The summed E-state index contributed by atoms with van der Waals surface area (Å²) < 4.78 is 9.03. The van der Waals surface area contributed by atoms with E-state index in [4.69, 9.17) is 19.4 Å². The molecule has 0 saturated heterocycles. The zero-order chi connectivity index (χ0) is 35.3. The number of benzene rings is 7. The Kier molecular flexibility index (Phi) is 6.23. The molecule has 0 aliphatic heterocycles. The number of para-hydroxylation sites is 1. The molecular formula is C48H32N4O. The van der Waals surface area contributed by atoms with Crippen LogP contribution < -0.4 is 0 Å². The molecule has 0 atom stereocenters. The van der Waals surface area contributed by atoms with Crippen LogP contribution in [0, 0.1) is 0 Å². The molecule has 7 aromatic carbocycles. The van der Waals surface area contributed by atoms with Crippen molar-refractivity contribution in [2.45, 2.75) is 19.3 Å². The Morgan fingerprint density at radius 2 is 1.06 bits per heavy atom. The minimum absolute atomic E-state index is 0.119. The van der Waals surface area contributed by atoms with Crippen LogP contribution >= 0.6 is 0 Å². The molecular weight excluding hydrogens is 649 g/mol. The highest BCUT2D eigenvalue weighted by atomic mass is 16.3. The summed E-state index contributed by atoms with van der Waals surface area (Å²) in [5.74, 6) is 1.89. The Bertz CT molecular complexity index is 3010. The number of aromatic nitrogens is 4. The summed E-state index contributed by atoms with van der Waals surface area (Å²) >= 11 is 0. The minimum Gasteiger partial charge on any atom is -0.456 e. The number of furan rings is 1. The first-order valence-electron chi connectivity index (χ1n) is 18.0. The molecule has 1 aliphatic rings. The summed E-state index contributed by atoms with van der Waals surface area (Å²) in [6, 6.07) is 55.2. The van der Waals surface area contributed by atoms with Gasteiger partial charge in [0.2, 0.25) is 0 Å². The van der Waals surface area contributed by atoms with E-state index in [9.17, 15) is 0 Å². The Balaban J connectivity index is 1.21. The van der Waals surface area contributed by atoms with E-state index in [1.165, 1.54) is 38.5 Å². The monoisotopic (exact) mass is 680 g/mol. The van der Waals surface area contributed by atoms with Crippen LogP contribution in [0.1, 0.15) is 25.0 Å². The van der Waals surface area contributed by atoms with Gasteiger partial charge in [-0.1, -0.05) is 117 Å². The molecule has 0 radical (unpaired) electrons.